The third kappa shape index (κ3) is 2.51. The van der Waals surface area contributed by atoms with Crippen LogP contribution in [0.1, 0.15) is 11.3 Å². The van der Waals surface area contributed by atoms with Gasteiger partial charge in [-0.15, -0.1) is 0 Å². The topological polar surface area (TPSA) is 61.8 Å². The Bertz CT molecular complexity index is 618. The van der Waals surface area contributed by atoms with Gasteiger partial charge in [0.1, 0.15) is 6.07 Å². The Labute approximate surface area is 114 Å². The highest BCUT2D eigenvalue weighted by Gasteiger charge is 2.10. The lowest BCUT2D eigenvalue weighted by molar-refractivity contribution is 0.271. The van der Waals surface area contributed by atoms with Gasteiger partial charge in [-0.3, -0.25) is 0 Å². The van der Waals surface area contributed by atoms with E-state index in [2.05, 4.69) is 11.1 Å². The smallest absolute Gasteiger partial charge is 0.172 e. The van der Waals surface area contributed by atoms with Gasteiger partial charge in [0.05, 0.1) is 24.1 Å². The summed E-state index contributed by atoms with van der Waals surface area (Å²) in [6.45, 7) is -0.0597. The molecule has 0 atom stereocenters. The first-order chi connectivity index (χ1) is 8.65. The van der Waals surface area contributed by atoms with E-state index in [1.807, 2.05) is 7.05 Å². The van der Waals surface area contributed by atoms with Crippen LogP contribution in [-0.2, 0) is 13.7 Å². The lowest BCUT2D eigenvalue weighted by Gasteiger charge is -2.05. The van der Waals surface area contributed by atoms with Crippen LogP contribution in [0, 0.1) is 11.3 Å². The van der Waals surface area contributed by atoms with E-state index in [-0.39, 0.29) is 6.61 Å². The standard InChI is InChI=1S/C12H10ClN3OS/c1-16-10(7-17)6-15-12(16)18-11-3-2-9(13)4-8(11)5-14/h2-4,6,17H,7H2,1H3. The van der Waals surface area contributed by atoms with Crippen molar-refractivity contribution < 1.29 is 5.11 Å². The minimum absolute atomic E-state index is 0.0597. The van der Waals surface area contributed by atoms with E-state index in [1.165, 1.54) is 11.8 Å². The van der Waals surface area contributed by atoms with Crippen molar-refractivity contribution in [1.82, 2.24) is 9.55 Å². The zero-order valence-electron chi connectivity index (χ0n) is 9.59. The van der Waals surface area contributed by atoms with Gasteiger partial charge in [0.2, 0.25) is 0 Å². The molecular formula is C12H10ClN3OS. The molecule has 0 aliphatic carbocycles. The fourth-order valence-corrected chi connectivity index (χ4v) is 2.52. The van der Waals surface area contributed by atoms with Gasteiger partial charge in [-0.2, -0.15) is 5.26 Å². The van der Waals surface area contributed by atoms with Crippen LogP contribution in [0.15, 0.2) is 34.4 Å². The van der Waals surface area contributed by atoms with E-state index in [9.17, 15) is 0 Å². The van der Waals surface area contributed by atoms with Crippen LogP contribution in [0.25, 0.3) is 0 Å². The van der Waals surface area contributed by atoms with Crippen LogP contribution in [0.4, 0.5) is 0 Å². The van der Waals surface area contributed by atoms with E-state index in [0.717, 1.165) is 15.7 Å². The first-order valence-corrected chi connectivity index (χ1v) is 6.34. The molecule has 18 heavy (non-hydrogen) atoms. The zero-order chi connectivity index (χ0) is 13.1. The van der Waals surface area contributed by atoms with Crippen LogP contribution in [-0.4, -0.2) is 14.7 Å². The maximum absolute atomic E-state index is 9.10. The number of nitriles is 1. The highest BCUT2D eigenvalue weighted by molar-refractivity contribution is 7.99. The molecule has 0 saturated carbocycles. The Morgan fingerprint density at radius 3 is 2.94 bits per heavy atom. The molecule has 0 amide bonds. The number of hydrogen-bond donors (Lipinski definition) is 1. The molecule has 6 heteroatoms. The molecule has 1 N–H and O–H groups in total. The van der Waals surface area contributed by atoms with E-state index < -0.39 is 0 Å². The number of hydrogen-bond acceptors (Lipinski definition) is 4. The summed E-state index contributed by atoms with van der Waals surface area (Å²) in [5.74, 6) is 0. The molecular weight excluding hydrogens is 270 g/mol. The van der Waals surface area contributed by atoms with Gasteiger partial charge < -0.3 is 9.67 Å². The average Bonchev–Trinajstić information content (AvgIpc) is 2.72. The Hall–Kier alpha value is -1.48. The van der Waals surface area contributed by atoms with Gasteiger partial charge in [0.25, 0.3) is 0 Å². The highest BCUT2D eigenvalue weighted by atomic mass is 35.5. The number of benzene rings is 1. The molecule has 0 aliphatic heterocycles. The fourth-order valence-electron chi connectivity index (χ4n) is 1.44. The predicted octanol–water partition coefficient (Wildman–Crippen LogP) is 2.59. The molecule has 1 aromatic carbocycles. The molecule has 2 rings (SSSR count). The Balaban J connectivity index is 2.34. The number of halogens is 1. The summed E-state index contributed by atoms with van der Waals surface area (Å²) in [6, 6.07) is 7.26. The molecule has 0 spiro atoms. The van der Waals surface area contributed by atoms with E-state index in [4.69, 9.17) is 22.0 Å². The normalized spacial score (nSPS) is 10.3. The minimum Gasteiger partial charge on any atom is -0.390 e. The van der Waals surface area contributed by atoms with Crippen molar-refractivity contribution in [2.24, 2.45) is 7.05 Å². The fraction of sp³-hybridized carbons (Fsp3) is 0.167. The maximum atomic E-state index is 9.10. The summed E-state index contributed by atoms with van der Waals surface area (Å²) in [5.41, 5.74) is 1.24. The van der Waals surface area contributed by atoms with Crippen molar-refractivity contribution in [2.75, 3.05) is 0 Å². The molecule has 2 aromatic rings. The van der Waals surface area contributed by atoms with Crippen molar-refractivity contribution in [3.8, 4) is 6.07 Å². The second-order valence-corrected chi connectivity index (χ2v) is 5.05. The van der Waals surface area contributed by atoms with Crippen molar-refractivity contribution in [3.63, 3.8) is 0 Å². The van der Waals surface area contributed by atoms with Crippen molar-refractivity contribution in [2.45, 2.75) is 16.7 Å². The molecule has 0 aliphatic rings. The van der Waals surface area contributed by atoms with Crippen LogP contribution in [0.5, 0.6) is 0 Å². The van der Waals surface area contributed by atoms with E-state index >= 15 is 0 Å². The highest BCUT2D eigenvalue weighted by Crippen LogP contribution is 2.31. The summed E-state index contributed by atoms with van der Waals surface area (Å²) < 4.78 is 1.79. The number of imidazole rings is 1. The summed E-state index contributed by atoms with van der Waals surface area (Å²) in [4.78, 5) is 4.99. The van der Waals surface area contributed by atoms with Gasteiger partial charge in [0, 0.05) is 17.0 Å². The van der Waals surface area contributed by atoms with Gasteiger partial charge in [0.15, 0.2) is 5.16 Å². The monoisotopic (exact) mass is 279 g/mol. The average molecular weight is 280 g/mol. The molecule has 0 saturated heterocycles. The predicted molar refractivity (Wildman–Crippen MR) is 69.4 cm³/mol. The van der Waals surface area contributed by atoms with Gasteiger partial charge in [-0.05, 0) is 18.2 Å². The summed E-state index contributed by atoms with van der Waals surface area (Å²) in [7, 11) is 1.82. The number of aliphatic hydroxyl groups is 1. The Kier molecular flexibility index (Phi) is 3.92. The number of rotatable bonds is 3. The summed E-state index contributed by atoms with van der Waals surface area (Å²) in [5, 5.41) is 19.4. The van der Waals surface area contributed by atoms with Crippen molar-refractivity contribution in [1.29, 1.82) is 5.26 Å². The van der Waals surface area contributed by atoms with Gasteiger partial charge in [-0.1, -0.05) is 23.4 Å². The lowest BCUT2D eigenvalue weighted by atomic mass is 10.2. The third-order valence-electron chi connectivity index (χ3n) is 2.47. The number of aliphatic hydroxyl groups excluding tert-OH is 1. The summed E-state index contributed by atoms with van der Waals surface area (Å²) in [6.07, 6.45) is 1.62. The SMILES string of the molecule is Cn1c(CO)cnc1Sc1ccc(Cl)cc1C#N. The third-order valence-corrected chi connectivity index (χ3v) is 3.84. The lowest BCUT2D eigenvalue weighted by Crippen LogP contribution is -1.97. The van der Waals surface area contributed by atoms with Crippen LogP contribution >= 0.6 is 23.4 Å². The second kappa shape index (κ2) is 5.44. The first-order valence-electron chi connectivity index (χ1n) is 5.14. The van der Waals surface area contributed by atoms with Crippen LogP contribution in [0.2, 0.25) is 5.02 Å². The Morgan fingerprint density at radius 2 is 2.33 bits per heavy atom. The minimum atomic E-state index is -0.0597. The number of nitrogens with zero attached hydrogens (tertiary/aromatic N) is 3. The zero-order valence-corrected chi connectivity index (χ0v) is 11.2. The molecule has 92 valence electrons. The molecule has 1 aromatic heterocycles. The molecule has 0 fully saturated rings. The quantitative estimate of drug-likeness (QED) is 0.938. The molecule has 0 bridgehead atoms. The van der Waals surface area contributed by atoms with E-state index in [0.29, 0.717) is 10.6 Å². The largest absolute Gasteiger partial charge is 0.390 e. The molecule has 0 radical (unpaired) electrons. The van der Waals surface area contributed by atoms with Crippen molar-refractivity contribution in [3.05, 3.63) is 40.7 Å². The molecule has 1 heterocycles. The maximum Gasteiger partial charge on any atom is 0.172 e. The Morgan fingerprint density at radius 1 is 1.56 bits per heavy atom. The van der Waals surface area contributed by atoms with E-state index in [1.54, 1.807) is 29.0 Å². The van der Waals surface area contributed by atoms with Crippen LogP contribution < -0.4 is 0 Å². The van der Waals surface area contributed by atoms with Gasteiger partial charge in [-0.25, -0.2) is 4.98 Å². The summed E-state index contributed by atoms with van der Waals surface area (Å²) >= 11 is 7.21. The van der Waals surface area contributed by atoms with Crippen LogP contribution in [0.3, 0.4) is 0 Å². The first kappa shape index (κ1) is 13.0. The second-order valence-electron chi connectivity index (χ2n) is 3.60. The number of aromatic nitrogens is 2. The molecule has 0 unspecified atom stereocenters. The van der Waals surface area contributed by atoms with Crippen molar-refractivity contribution >= 4 is 23.4 Å². The van der Waals surface area contributed by atoms with Gasteiger partial charge >= 0.3 is 0 Å². The molecule has 4 nitrogen and oxygen atoms in total.